The van der Waals surface area contributed by atoms with Crippen LogP contribution < -0.4 is 5.32 Å². The van der Waals surface area contributed by atoms with E-state index < -0.39 is 0 Å². The highest BCUT2D eigenvalue weighted by Gasteiger charge is 2.19. The Morgan fingerprint density at radius 2 is 1.76 bits per heavy atom. The number of nitrogens with zero attached hydrogens (tertiary/aromatic N) is 2. The van der Waals surface area contributed by atoms with Crippen LogP contribution in [0.25, 0.3) is 0 Å². The van der Waals surface area contributed by atoms with Crippen molar-refractivity contribution in [3.05, 3.63) is 5.82 Å². The van der Waals surface area contributed by atoms with Gasteiger partial charge in [0.2, 0.25) is 11.0 Å². The van der Waals surface area contributed by atoms with Gasteiger partial charge in [-0.1, -0.05) is 41.5 Å². The number of amides is 1. The molecule has 1 aromatic rings. The van der Waals surface area contributed by atoms with Crippen LogP contribution in [0.2, 0.25) is 0 Å². The van der Waals surface area contributed by atoms with Crippen molar-refractivity contribution in [1.82, 2.24) is 9.36 Å². The minimum absolute atomic E-state index is 0.0623. The van der Waals surface area contributed by atoms with Gasteiger partial charge in [0, 0.05) is 23.9 Å². The van der Waals surface area contributed by atoms with Crippen LogP contribution in [0.1, 0.15) is 54.3 Å². The maximum atomic E-state index is 10.7. The van der Waals surface area contributed by atoms with Crippen LogP contribution in [0.4, 0.5) is 5.13 Å². The Morgan fingerprint density at radius 3 is 2.06 bits per heavy atom. The van der Waals surface area contributed by atoms with Crippen LogP contribution in [0, 0.1) is 5.92 Å². The van der Waals surface area contributed by atoms with Gasteiger partial charge >= 0.3 is 0 Å². The van der Waals surface area contributed by atoms with Gasteiger partial charge in [0.05, 0.1) is 0 Å². The molecule has 0 fully saturated rings. The molecule has 5 heteroatoms. The molecule has 0 unspecified atom stereocenters. The van der Waals surface area contributed by atoms with Crippen molar-refractivity contribution in [2.75, 3.05) is 5.32 Å². The van der Waals surface area contributed by atoms with E-state index in [2.05, 4.69) is 35.4 Å². The third-order valence-corrected chi connectivity index (χ3v) is 2.01. The highest BCUT2D eigenvalue weighted by molar-refractivity contribution is 7.09. The number of nitrogens with one attached hydrogen (secondary N) is 1. The fourth-order valence-electron chi connectivity index (χ4n) is 0.729. The molecule has 0 aliphatic rings. The van der Waals surface area contributed by atoms with Crippen molar-refractivity contribution < 1.29 is 4.79 Å². The summed E-state index contributed by atoms with van der Waals surface area (Å²) in [5, 5.41) is 3.17. The lowest BCUT2D eigenvalue weighted by atomic mass is 9.96. The van der Waals surface area contributed by atoms with Gasteiger partial charge < -0.3 is 5.32 Å². The Balaban J connectivity index is 0.000000557. The highest BCUT2D eigenvalue weighted by atomic mass is 32.1. The molecule has 0 spiro atoms. The van der Waals surface area contributed by atoms with Crippen molar-refractivity contribution >= 4 is 22.6 Å². The number of anilines is 1. The predicted octanol–water partition coefficient (Wildman–Crippen LogP) is 3.46. The molecule has 0 atom stereocenters. The van der Waals surface area contributed by atoms with Crippen LogP contribution in [0.5, 0.6) is 0 Å². The maximum Gasteiger partial charge on any atom is 0.223 e. The van der Waals surface area contributed by atoms with Gasteiger partial charge in [-0.25, -0.2) is 4.98 Å². The molecule has 1 amide bonds. The van der Waals surface area contributed by atoms with Crippen molar-refractivity contribution in [1.29, 1.82) is 0 Å². The number of carbonyl (C=O) groups excluding carboxylic acids is 1. The third kappa shape index (κ3) is 7.85. The Hall–Kier alpha value is -0.970. The average Bonchev–Trinajstić information content (AvgIpc) is 2.48. The van der Waals surface area contributed by atoms with Crippen LogP contribution in [0.15, 0.2) is 0 Å². The van der Waals surface area contributed by atoms with E-state index >= 15 is 0 Å². The zero-order valence-electron chi connectivity index (χ0n) is 11.8. The zero-order chi connectivity index (χ0) is 13.6. The Morgan fingerprint density at radius 1 is 1.29 bits per heavy atom. The summed E-state index contributed by atoms with van der Waals surface area (Å²) in [6, 6.07) is 0. The lowest BCUT2D eigenvalue weighted by molar-refractivity contribution is -0.114. The molecule has 0 bridgehead atoms. The first-order valence-corrected chi connectivity index (χ1v) is 6.52. The number of aromatic nitrogens is 2. The predicted molar refractivity (Wildman–Crippen MR) is 73.4 cm³/mol. The second kappa shape index (κ2) is 6.69. The van der Waals surface area contributed by atoms with Gasteiger partial charge in [-0.2, -0.15) is 4.37 Å². The molecular weight excluding hydrogens is 234 g/mol. The SMILES string of the molecule is CC(=O)Nc1nc(C(C)(C)C)ns1.CC(C)C. The van der Waals surface area contributed by atoms with Crippen molar-refractivity contribution in [3.8, 4) is 0 Å². The topological polar surface area (TPSA) is 54.9 Å². The average molecular weight is 257 g/mol. The lowest BCUT2D eigenvalue weighted by Gasteiger charge is -2.11. The molecule has 1 N–H and O–H groups in total. The van der Waals surface area contributed by atoms with Gasteiger partial charge in [0.15, 0.2) is 0 Å². The van der Waals surface area contributed by atoms with E-state index in [0.29, 0.717) is 5.13 Å². The van der Waals surface area contributed by atoms with Crippen LogP contribution >= 0.6 is 11.5 Å². The van der Waals surface area contributed by atoms with E-state index in [0.717, 1.165) is 11.7 Å². The number of carbonyl (C=O) groups is 1. The molecule has 4 nitrogen and oxygen atoms in total. The Labute approximate surface area is 108 Å². The number of hydrogen-bond donors (Lipinski definition) is 1. The molecule has 1 rings (SSSR count). The summed E-state index contributed by atoms with van der Waals surface area (Å²) in [6.45, 7) is 14.1. The van der Waals surface area contributed by atoms with E-state index in [1.54, 1.807) is 0 Å². The smallest absolute Gasteiger partial charge is 0.223 e. The van der Waals surface area contributed by atoms with E-state index in [9.17, 15) is 4.79 Å². The number of hydrogen-bond acceptors (Lipinski definition) is 4. The summed E-state index contributed by atoms with van der Waals surface area (Å²) in [5.41, 5.74) is -0.0623. The zero-order valence-corrected chi connectivity index (χ0v) is 12.6. The van der Waals surface area contributed by atoms with Crippen LogP contribution in [-0.2, 0) is 10.2 Å². The second-order valence-corrected chi connectivity index (χ2v) is 6.34. The first-order chi connectivity index (χ1) is 7.62. The highest BCUT2D eigenvalue weighted by Crippen LogP contribution is 2.22. The molecule has 1 heterocycles. The fourth-order valence-corrected chi connectivity index (χ4v) is 1.53. The van der Waals surface area contributed by atoms with Crippen LogP contribution in [0.3, 0.4) is 0 Å². The van der Waals surface area contributed by atoms with Crippen molar-refractivity contribution in [3.63, 3.8) is 0 Å². The molecule has 0 aliphatic carbocycles. The van der Waals surface area contributed by atoms with E-state index in [1.807, 2.05) is 20.8 Å². The summed E-state index contributed by atoms with van der Waals surface area (Å²) in [5.74, 6) is 1.48. The van der Waals surface area contributed by atoms with Gasteiger partial charge in [-0.05, 0) is 5.92 Å². The second-order valence-electron chi connectivity index (χ2n) is 5.59. The van der Waals surface area contributed by atoms with Gasteiger partial charge in [0.1, 0.15) is 5.82 Å². The fraction of sp³-hybridized carbons (Fsp3) is 0.750. The largest absolute Gasteiger partial charge is 0.301 e. The van der Waals surface area contributed by atoms with Gasteiger partial charge in [0.25, 0.3) is 0 Å². The normalized spacial score (nSPS) is 10.8. The molecule has 17 heavy (non-hydrogen) atoms. The first-order valence-electron chi connectivity index (χ1n) is 5.74. The Bertz CT molecular complexity index is 350. The van der Waals surface area contributed by atoms with E-state index in [1.165, 1.54) is 18.5 Å². The molecule has 0 aliphatic heterocycles. The van der Waals surface area contributed by atoms with Gasteiger partial charge in [-0.3, -0.25) is 4.79 Å². The summed E-state index contributed by atoms with van der Waals surface area (Å²) >= 11 is 1.21. The molecule has 1 aromatic heterocycles. The van der Waals surface area contributed by atoms with Crippen LogP contribution in [-0.4, -0.2) is 15.3 Å². The Kier molecular flexibility index (Phi) is 6.31. The monoisotopic (exact) mass is 257 g/mol. The molecule has 0 aromatic carbocycles. The van der Waals surface area contributed by atoms with E-state index in [4.69, 9.17) is 0 Å². The molecular formula is C12H23N3OS. The van der Waals surface area contributed by atoms with E-state index in [-0.39, 0.29) is 11.3 Å². The van der Waals surface area contributed by atoms with Crippen molar-refractivity contribution in [2.24, 2.45) is 5.92 Å². The van der Waals surface area contributed by atoms with Crippen molar-refractivity contribution in [2.45, 2.75) is 53.9 Å². The molecule has 0 saturated heterocycles. The third-order valence-electron chi connectivity index (χ3n) is 1.38. The quantitative estimate of drug-likeness (QED) is 0.838. The van der Waals surface area contributed by atoms with Gasteiger partial charge in [-0.15, -0.1) is 0 Å². The lowest BCUT2D eigenvalue weighted by Crippen LogP contribution is -2.13. The summed E-state index contributed by atoms with van der Waals surface area (Å²) < 4.78 is 4.16. The standard InChI is InChI=1S/C8H13N3OS.C4H10/c1-5(12)9-7-10-6(11-13-7)8(2,3)4;1-4(2)3/h1-4H3,(H,9,10,11,12);4H,1-3H3. The number of rotatable bonds is 1. The first kappa shape index (κ1) is 16.0. The summed E-state index contributed by atoms with van der Waals surface area (Å²) in [6.07, 6.45) is 0. The molecule has 0 saturated carbocycles. The minimum atomic E-state index is -0.114. The summed E-state index contributed by atoms with van der Waals surface area (Å²) in [4.78, 5) is 14.9. The maximum absolute atomic E-state index is 10.7. The molecule has 0 radical (unpaired) electrons. The summed E-state index contributed by atoms with van der Waals surface area (Å²) in [7, 11) is 0. The minimum Gasteiger partial charge on any atom is -0.301 e. The molecule has 98 valence electrons.